The average Bonchev–Trinajstić information content (AvgIpc) is 3.89. The molecule has 1 amide bonds. The number of nitrogens with zero attached hydrogens (tertiary/aromatic N) is 5. The molecular formula is C35H55ClN5O13P. The minimum Gasteiger partial charge on any atom is -0.463 e. The molecule has 2 aromatic heterocycles. The van der Waals surface area contributed by atoms with Gasteiger partial charge >= 0.3 is 19.7 Å². The van der Waals surface area contributed by atoms with Crippen molar-refractivity contribution in [3.05, 3.63) is 11.5 Å². The number of halogens is 1. The lowest BCUT2D eigenvalue weighted by molar-refractivity contribution is -0.210. The topological polar surface area (TPSA) is 190 Å². The first kappa shape index (κ1) is 43.6. The van der Waals surface area contributed by atoms with Gasteiger partial charge in [0.15, 0.2) is 23.5 Å². The molecule has 2 saturated heterocycles. The Morgan fingerprint density at radius 3 is 2.33 bits per heavy atom. The average molecular weight is 820 g/mol. The smallest absolute Gasteiger partial charge is 0.416 e. The van der Waals surface area contributed by atoms with Gasteiger partial charge in [0.1, 0.15) is 23.9 Å². The number of amides is 1. The zero-order valence-electron chi connectivity index (χ0n) is 33.1. The maximum atomic E-state index is 14.5. The number of carbonyl (C=O) groups is 2. The molecule has 1 aliphatic carbocycles. The number of esters is 1. The Hall–Kier alpha value is -2.51. The summed E-state index contributed by atoms with van der Waals surface area (Å²) in [4.78, 5) is 38.1. The van der Waals surface area contributed by atoms with Crippen LogP contribution in [0.15, 0.2) is 6.20 Å². The van der Waals surface area contributed by atoms with E-state index >= 15 is 0 Å². The zero-order valence-corrected chi connectivity index (χ0v) is 34.8. The molecule has 1 saturated carbocycles. The second kappa shape index (κ2) is 18.0. The van der Waals surface area contributed by atoms with E-state index in [-0.39, 0.29) is 62.4 Å². The number of carbonyl (C=O) groups excluding carboxylic acids is 2. The molecule has 0 radical (unpaired) electrons. The number of aromatic nitrogens is 4. The third-order valence-electron chi connectivity index (χ3n) is 9.13. The summed E-state index contributed by atoms with van der Waals surface area (Å²) in [5, 5.41) is 2.62. The lowest BCUT2D eigenvalue weighted by Crippen LogP contribution is -2.50. The van der Waals surface area contributed by atoms with Crippen molar-refractivity contribution in [2.24, 2.45) is 0 Å². The SMILES string of the molecule is CCOC(=O)C(COCCOC)(OC[C@H]1O[C@@H](n2ncc3c(N(C(=O)OC(C)(C)C)C4CCCC4)nc(Cl)nc32)[C@@H]2OC(C)(C)O[C@@H]21)P(=O)(OCC)OCC. The molecule has 20 heteroatoms. The normalized spacial score (nSPS) is 23.9. The van der Waals surface area contributed by atoms with Crippen molar-refractivity contribution >= 4 is 48.1 Å². The summed E-state index contributed by atoms with van der Waals surface area (Å²) in [5.74, 6) is -1.81. The van der Waals surface area contributed by atoms with E-state index in [1.165, 1.54) is 11.8 Å². The fraction of sp³-hybridized carbons (Fsp3) is 0.800. The number of hydrogen-bond acceptors (Lipinski definition) is 16. The van der Waals surface area contributed by atoms with Crippen LogP contribution in [0.2, 0.25) is 5.28 Å². The van der Waals surface area contributed by atoms with E-state index in [9.17, 15) is 14.2 Å². The molecule has 0 bridgehead atoms. The number of ether oxygens (including phenoxy) is 8. The highest BCUT2D eigenvalue weighted by Gasteiger charge is 2.63. The molecule has 1 unspecified atom stereocenters. The van der Waals surface area contributed by atoms with Crippen LogP contribution in [0.1, 0.15) is 87.3 Å². The molecule has 3 aliphatic rings. The maximum Gasteiger partial charge on any atom is 0.416 e. The Kier molecular flexibility index (Phi) is 14.2. The third kappa shape index (κ3) is 9.46. The third-order valence-corrected chi connectivity index (χ3v) is 11.8. The first-order valence-electron chi connectivity index (χ1n) is 18.7. The van der Waals surface area contributed by atoms with Crippen LogP contribution in [-0.2, 0) is 56.3 Å². The van der Waals surface area contributed by atoms with Crippen LogP contribution < -0.4 is 4.90 Å². The fourth-order valence-corrected chi connectivity index (χ4v) is 9.06. The van der Waals surface area contributed by atoms with Crippen LogP contribution in [0.25, 0.3) is 11.0 Å². The van der Waals surface area contributed by atoms with Gasteiger partial charge in [-0.15, -0.1) is 0 Å². The predicted molar refractivity (Wildman–Crippen MR) is 198 cm³/mol. The monoisotopic (exact) mass is 819 g/mol. The second-order valence-corrected chi connectivity index (χ2v) is 17.3. The van der Waals surface area contributed by atoms with Crippen molar-refractivity contribution in [3.8, 4) is 0 Å². The molecule has 310 valence electrons. The Labute approximate surface area is 326 Å². The minimum atomic E-state index is -4.43. The highest BCUT2D eigenvalue weighted by Crippen LogP contribution is 2.61. The summed E-state index contributed by atoms with van der Waals surface area (Å²) in [7, 11) is -2.94. The number of methoxy groups -OCH3 is 1. The van der Waals surface area contributed by atoms with Crippen LogP contribution >= 0.6 is 19.2 Å². The molecule has 3 fully saturated rings. The molecule has 5 rings (SSSR count). The van der Waals surface area contributed by atoms with Crippen molar-refractivity contribution in [1.82, 2.24) is 19.7 Å². The van der Waals surface area contributed by atoms with Gasteiger partial charge in [0.2, 0.25) is 5.28 Å². The predicted octanol–water partition coefficient (Wildman–Crippen LogP) is 5.79. The van der Waals surface area contributed by atoms with Gasteiger partial charge in [0, 0.05) is 13.2 Å². The van der Waals surface area contributed by atoms with Gasteiger partial charge in [-0.25, -0.2) is 14.3 Å². The maximum absolute atomic E-state index is 14.5. The van der Waals surface area contributed by atoms with Gasteiger partial charge < -0.3 is 46.9 Å². The van der Waals surface area contributed by atoms with Gasteiger partial charge in [-0.1, -0.05) is 12.8 Å². The summed E-state index contributed by atoms with van der Waals surface area (Å²) < 4.78 is 75.1. The largest absolute Gasteiger partial charge is 0.463 e. The Morgan fingerprint density at radius 1 is 1.04 bits per heavy atom. The number of anilines is 1. The van der Waals surface area contributed by atoms with Crippen molar-refractivity contribution in [2.45, 2.75) is 128 Å². The molecule has 55 heavy (non-hydrogen) atoms. The van der Waals surface area contributed by atoms with Crippen LogP contribution in [-0.4, -0.2) is 126 Å². The van der Waals surface area contributed by atoms with Crippen molar-refractivity contribution < 1.29 is 61.1 Å². The molecule has 0 N–H and O–H groups in total. The number of fused-ring (bicyclic) bond motifs is 2. The molecule has 0 spiro atoms. The molecule has 4 heterocycles. The Bertz CT molecular complexity index is 1680. The lowest BCUT2D eigenvalue weighted by Gasteiger charge is -2.37. The first-order valence-corrected chi connectivity index (χ1v) is 20.7. The van der Waals surface area contributed by atoms with Crippen LogP contribution in [0.3, 0.4) is 0 Å². The summed E-state index contributed by atoms with van der Waals surface area (Å²) in [6, 6.07) is -0.170. The fourth-order valence-electron chi connectivity index (χ4n) is 6.96. The summed E-state index contributed by atoms with van der Waals surface area (Å²) in [6.45, 7) is 12.9. The Morgan fingerprint density at radius 2 is 1.71 bits per heavy atom. The molecule has 2 aliphatic heterocycles. The number of rotatable bonds is 18. The molecule has 2 aromatic rings. The quantitative estimate of drug-likeness (QED) is 0.0760. The van der Waals surface area contributed by atoms with Gasteiger partial charge in [-0.2, -0.15) is 15.1 Å². The standard InChI is InChI=1S/C35H55ClN5O13P/c1-10-47-30(42)35(21-46-18-17-45-9,55(44,49-11-2)50-12-3)48-20-24-25-26(53-34(7,8)52-25)29(51-24)41-28-23(19-37-41)27(38-31(36)39-28)40(22-15-13-14-16-22)32(43)54-33(4,5)6/h19,22,24-26,29H,10-18,20-21H2,1-9H3/t24-,25-,26-,29-,35?/m1/s1. The van der Waals surface area contributed by atoms with E-state index in [0.29, 0.717) is 5.39 Å². The molecule has 0 aromatic carbocycles. The summed E-state index contributed by atoms with van der Waals surface area (Å²) >= 11 is 6.57. The first-order chi connectivity index (χ1) is 26.0. The van der Waals surface area contributed by atoms with Crippen LogP contribution in [0.4, 0.5) is 10.6 Å². The molecular weight excluding hydrogens is 765 g/mol. The van der Waals surface area contributed by atoms with E-state index in [4.69, 9.17) is 58.5 Å². The van der Waals surface area contributed by atoms with Crippen molar-refractivity contribution in [2.75, 3.05) is 58.3 Å². The second-order valence-electron chi connectivity index (χ2n) is 14.8. The van der Waals surface area contributed by atoms with E-state index in [1.54, 1.807) is 66.5 Å². The molecule has 5 atom stereocenters. The highest BCUT2D eigenvalue weighted by molar-refractivity contribution is 7.56. The van der Waals surface area contributed by atoms with Gasteiger partial charge in [0.25, 0.3) is 5.34 Å². The van der Waals surface area contributed by atoms with E-state index in [1.807, 2.05) is 0 Å². The van der Waals surface area contributed by atoms with Crippen molar-refractivity contribution in [3.63, 3.8) is 0 Å². The number of hydrogen-bond donors (Lipinski definition) is 0. The van der Waals surface area contributed by atoms with E-state index < -0.39 is 67.5 Å². The van der Waals surface area contributed by atoms with Crippen LogP contribution in [0.5, 0.6) is 0 Å². The van der Waals surface area contributed by atoms with E-state index in [0.717, 1.165) is 25.7 Å². The minimum absolute atomic E-state index is 0.0436. The lowest BCUT2D eigenvalue weighted by atomic mass is 10.1. The zero-order chi connectivity index (χ0) is 40.2. The van der Waals surface area contributed by atoms with Crippen LogP contribution in [0, 0.1) is 0 Å². The van der Waals surface area contributed by atoms with Crippen molar-refractivity contribution in [1.29, 1.82) is 0 Å². The van der Waals surface area contributed by atoms with Gasteiger partial charge in [-0.05, 0) is 79.8 Å². The van der Waals surface area contributed by atoms with Gasteiger partial charge in [0.05, 0.1) is 57.8 Å². The molecule has 18 nitrogen and oxygen atoms in total. The van der Waals surface area contributed by atoms with E-state index in [2.05, 4.69) is 15.1 Å². The summed E-state index contributed by atoms with van der Waals surface area (Å²) in [6.07, 6.45) is 0.940. The summed E-state index contributed by atoms with van der Waals surface area (Å²) in [5.41, 5.74) is -0.491. The van der Waals surface area contributed by atoms with Gasteiger partial charge in [-0.3, -0.25) is 9.46 Å². The highest BCUT2D eigenvalue weighted by atomic mass is 35.5. The Balaban J connectivity index is 1.53.